The molecule has 3 aromatic carbocycles. The highest BCUT2D eigenvalue weighted by molar-refractivity contribution is 6.49. The molecule has 189 valence electrons. The van der Waals surface area contributed by atoms with Gasteiger partial charge in [0.15, 0.2) is 0 Å². The minimum Gasteiger partial charge on any atom is -0.542 e. The minimum absolute atomic E-state index is 0.0439. The molecule has 36 heavy (non-hydrogen) atoms. The summed E-state index contributed by atoms with van der Waals surface area (Å²) in [5.74, 6) is 4.93. The van der Waals surface area contributed by atoms with Crippen LogP contribution in [0, 0.1) is 17.8 Å². The maximum atomic E-state index is 6.50. The molecule has 0 aromatic heterocycles. The fraction of sp³-hybridized carbons (Fsp3) is 0.515. The number of hydrogen-bond donors (Lipinski definition) is 0. The highest BCUT2D eigenvalue weighted by atomic mass is 28.3. The maximum Gasteiger partial charge on any atom is 0.274 e. The lowest BCUT2D eigenvalue weighted by Crippen LogP contribution is -2.48. The molecule has 0 amide bonds. The molecule has 4 fully saturated rings. The van der Waals surface area contributed by atoms with E-state index >= 15 is 0 Å². The largest absolute Gasteiger partial charge is 0.542 e. The third-order valence-corrected chi connectivity index (χ3v) is 9.84. The Morgan fingerprint density at radius 1 is 0.806 bits per heavy atom. The molecule has 3 aromatic rings. The van der Waals surface area contributed by atoms with Crippen molar-refractivity contribution in [3.8, 4) is 22.6 Å². The van der Waals surface area contributed by atoms with Gasteiger partial charge in [-0.05, 0) is 120 Å². The Hall–Kier alpha value is -2.26. The SMILES string of the molecule is COc1ccc(-c2ccc3c(O[Si](C)C)c(C(C)(C)C)ccc3c2)cc1C12CC3CC(CC(C3)C1)C2. The van der Waals surface area contributed by atoms with Crippen molar-refractivity contribution in [2.75, 3.05) is 7.11 Å². The van der Waals surface area contributed by atoms with Gasteiger partial charge in [-0.3, -0.25) is 0 Å². The third-order valence-electron chi connectivity index (χ3n) is 9.23. The molecule has 4 aliphatic carbocycles. The van der Waals surface area contributed by atoms with Gasteiger partial charge in [-0.15, -0.1) is 0 Å². The zero-order chi connectivity index (χ0) is 25.2. The first-order valence-electron chi connectivity index (χ1n) is 13.9. The van der Waals surface area contributed by atoms with Gasteiger partial charge in [-0.2, -0.15) is 0 Å². The lowest BCUT2D eigenvalue weighted by molar-refractivity contribution is -0.00613. The molecule has 0 spiro atoms. The topological polar surface area (TPSA) is 18.5 Å². The molecule has 2 nitrogen and oxygen atoms in total. The van der Waals surface area contributed by atoms with E-state index in [1.807, 2.05) is 7.11 Å². The summed E-state index contributed by atoms with van der Waals surface area (Å²) in [6.07, 6.45) is 8.45. The van der Waals surface area contributed by atoms with E-state index in [4.69, 9.17) is 9.16 Å². The van der Waals surface area contributed by atoms with Gasteiger partial charge in [0.1, 0.15) is 11.5 Å². The molecule has 4 aliphatic rings. The lowest BCUT2D eigenvalue weighted by Gasteiger charge is -2.57. The van der Waals surface area contributed by atoms with Crippen LogP contribution in [0.25, 0.3) is 21.9 Å². The number of fused-ring (bicyclic) bond motifs is 1. The van der Waals surface area contributed by atoms with Crippen molar-refractivity contribution in [1.29, 1.82) is 0 Å². The Morgan fingerprint density at radius 3 is 2.00 bits per heavy atom. The fourth-order valence-corrected chi connectivity index (χ4v) is 8.76. The highest BCUT2D eigenvalue weighted by Gasteiger charge is 2.52. The second kappa shape index (κ2) is 8.65. The number of benzene rings is 3. The van der Waals surface area contributed by atoms with E-state index in [-0.39, 0.29) is 5.41 Å². The van der Waals surface area contributed by atoms with Crippen LogP contribution in [-0.2, 0) is 10.8 Å². The summed E-state index contributed by atoms with van der Waals surface area (Å²) in [5, 5.41) is 2.48. The van der Waals surface area contributed by atoms with Gasteiger partial charge in [-0.1, -0.05) is 51.1 Å². The zero-order valence-electron chi connectivity index (χ0n) is 22.9. The first kappa shape index (κ1) is 24.1. The molecule has 4 saturated carbocycles. The van der Waals surface area contributed by atoms with Crippen LogP contribution < -0.4 is 9.16 Å². The van der Waals surface area contributed by atoms with E-state index in [9.17, 15) is 0 Å². The molecule has 0 heterocycles. The van der Waals surface area contributed by atoms with Gasteiger partial charge in [-0.25, -0.2) is 0 Å². The standard InChI is InChI=1S/C33H41O2Si/c1-32(2,3)28-11-8-26-16-24(7-10-27(26)31(28)35-36(5)6)25-9-12-30(34-4)29(17-25)33-18-21-13-22(19-33)15-23(14-21)20-33/h7-12,16-17,21-23H,13-15,18-20H2,1-6H3. The summed E-state index contributed by atoms with van der Waals surface area (Å²) in [6, 6.07) is 18.5. The molecular formula is C33H41O2Si. The van der Waals surface area contributed by atoms with Crippen LogP contribution in [0.3, 0.4) is 0 Å². The first-order chi connectivity index (χ1) is 17.1. The van der Waals surface area contributed by atoms with Crippen LogP contribution in [0.5, 0.6) is 11.5 Å². The predicted molar refractivity (Wildman–Crippen MR) is 153 cm³/mol. The summed E-state index contributed by atoms with van der Waals surface area (Å²) >= 11 is 0. The second-order valence-corrected chi connectivity index (χ2v) is 15.3. The summed E-state index contributed by atoms with van der Waals surface area (Å²) in [6.45, 7) is 11.3. The van der Waals surface area contributed by atoms with E-state index < -0.39 is 9.04 Å². The molecule has 4 bridgehead atoms. The monoisotopic (exact) mass is 497 g/mol. The Balaban J connectivity index is 1.44. The molecule has 3 heteroatoms. The van der Waals surface area contributed by atoms with E-state index in [1.165, 1.54) is 71.6 Å². The smallest absolute Gasteiger partial charge is 0.274 e. The minimum atomic E-state index is -0.869. The van der Waals surface area contributed by atoms with Crippen molar-refractivity contribution in [1.82, 2.24) is 0 Å². The van der Waals surface area contributed by atoms with E-state index in [0.717, 1.165) is 29.3 Å². The maximum absolute atomic E-state index is 6.50. The second-order valence-electron chi connectivity index (χ2n) is 13.3. The predicted octanol–water partition coefficient (Wildman–Crippen LogP) is 8.91. The number of rotatable bonds is 5. The van der Waals surface area contributed by atoms with Gasteiger partial charge in [0, 0.05) is 10.9 Å². The van der Waals surface area contributed by atoms with Crippen LogP contribution in [0.1, 0.15) is 70.4 Å². The Bertz CT molecular complexity index is 1260. The number of hydrogen-bond acceptors (Lipinski definition) is 2. The van der Waals surface area contributed by atoms with Gasteiger partial charge < -0.3 is 9.16 Å². The molecule has 7 rings (SSSR count). The van der Waals surface area contributed by atoms with Crippen LogP contribution in [0.15, 0.2) is 48.5 Å². The quantitative estimate of drug-likeness (QED) is 0.328. The van der Waals surface area contributed by atoms with Gasteiger partial charge >= 0.3 is 0 Å². The number of ether oxygens (including phenoxy) is 1. The highest BCUT2D eigenvalue weighted by Crippen LogP contribution is 2.62. The summed E-state index contributed by atoms with van der Waals surface area (Å²) in [5.41, 5.74) is 5.71. The number of methoxy groups -OCH3 is 1. The van der Waals surface area contributed by atoms with Crippen molar-refractivity contribution in [3.05, 3.63) is 59.7 Å². The first-order valence-corrected chi connectivity index (χ1v) is 16.3. The van der Waals surface area contributed by atoms with Crippen molar-refractivity contribution in [3.63, 3.8) is 0 Å². The fourth-order valence-electron chi connectivity index (χ4n) is 8.13. The van der Waals surface area contributed by atoms with Gasteiger partial charge in [0.2, 0.25) is 0 Å². The average Bonchev–Trinajstić information content (AvgIpc) is 2.81. The normalized spacial score (nSPS) is 27.1. The van der Waals surface area contributed by atoms with Crippen molar-refractivity contribution < 1.29 is 9.16 Å². The van der Waals surface area contributed by atoms with Crippen LogP contribution in [-0.4, -0.2) is 16.2 Å². The molecule has 0 atom stereocenters. The molecule has 0 saturated heterocycles. The van der Waals surface area contributed by atoms with Gasteiger partial charge in [0.05, 0.1) is 7.11 Å². The van der Waals surface area contributed by atoms with Crippen LogP contribution in [0.4, 0.5) is 0 Å². The Labute approximate surface area is 219 Å². The van der Waals surface area contributed by atoms with E-state index in [1.54, 1.807) is 0 Å². The van der Waals surface area contributed by atoms with Crippen molar-refractivity contribution >= 4 is 19.8 Å². The molecule has 0 N–H and O–H groups in total. The van der Waals surface area contributed by atoms with Crippen LogP contribution in [0.2, 0.25) is 13.1 Å². The van der Waals surface area contributed by atoms with Crippen molar-refractivity contribution in [2.24, 2.45) is 17.8 Å². The third kappa shape index (κ3) is 4.08. The lowest BCUT2D eigenvalue weighted by atomic mass is 9.48. The van der Waals surface area contributed by atoms with Crippen LogP contribution >= 0.6 is 0 Å². The van der Waals surface area contributed by atoms with Crippen molar-refractivity contribution in [2.45, 2.75) is 83.2 Å². The Morgan fingerprint density at radius 2 is 1.42 bits per heavy atom. The zero-order valence-corrected chi connectivity index (χ0v) is 23.9. The van der Waals surface area contributed by atoms with E-state index in [0.29, 0.717) is 5.41 Å². The molecule has 0 unspecified atom stereocenters. The molecule has 0 aliphatic heterocycles. The van der Waals surface area contributed by atoms with E-state index in [2.05, 4.69) is 82.4 Å². The summed E-state index contributed by atoms with van der Waals surface area (Å²) < 4.78 is 12.5. The summed E-state index contributed by atoms with van der Waals surface area (Å²) in [7, 11) is 0.978. The molecular weight excluding hydrogens is 456 g/mol. The summed E-state index contributed by atoms with van der Waals surface area (Å²) in [4.78, 5) is 0. The average molecular weight is 498 g/mol. The van der Waals surface area contributed by atoms with Gasteiger partial charge in [0.25, 0.3) is 9.04 Å². The molecule has 1 radical (unpaired) electrons. The Kier molecular flexibility index (Phi) is 5.79.